The average Bonchev–Trinajstić information content (AvgIpc) is 2.32. The minimum Gasteiger partial charge on any atom is -0.466 e. The van der Waals surface area contributed by atoms with Crippen LogP contribution < -0.4 is 5.32 Å². The molecule has 0 unspecified atom stereocenters. The number of anilines is 1. The normalized spacial score (nSPS) is 9.94. The van der Waals surface area contributed by atoms with Crippen molar-refractivity contribution in [3.63, 3.8) is 0 Å². The van der Waals surface area contributed by atoms with Crippen LogP contribution in [0.25, 0.3) is 0 Å². The third-order valence-corrected chi connectivity index (χ3v) is 3.01. The smallest absolute Gasteiger partial charge is 0.306 e. The number of pyridine rings is 1. The fraction of sp³-hybridized carbons (Fsp3) is 0.417. The molecule has 1 aromatic heterocycles. The molecule has 1 heterocycles. The fourth-order valence-corrected chi connectivity index (χ4v) is 1.48. The Bertz CT molecular complexity index is 449. The van der Waals surface area contributed by atoms with Crippen LogP contribution in [0.4, 0.5) is 5.82 Å². The van der Waals surface area contributed by atoms with Crippen molar-refractivity contribution in [1.29, 1.82) is 0 Å². The number of carbonyl (C=O) groups is 2. The van der Waals surface area contributed by atoms with Gasteiger partial charge in [-0.25, -0.2) is 4.98 Å². The number of rotatable bonds is 5. The van der Waals surface area contributed by atoms with Crippen molar-refractivity contribution in [3.05, 3.63) is 22.3 Å². The first-order chi connectivity index (χ1) is 8.52. The van der Waals surface area contributed by atoms with Crippen LogP contribution in [0.5, 0.6) is 0 Å². The Labute approximate surface area is 114 Å². The Kier molecular flexibility index (Phi) is 5.77. The lowest BCUT2D eigenvalue weighted by atomic mass is 10.2. The summed E-state index contributed by atoms with van der Waals surface area (Å²) in [5.74, 6) is -0.144. The van der Waals surface area contributed by atoms with E-state index in [9.17, 15) is 9.59 Å². The summed E-state index contributed by atoms with van der Waals surface area (Å²) in [6.45, 7) is 3.96. The number of halogens is 1. The maximum Gasteiger partial charge on any atom is 0.306 e. The highest BCUT2D eigenvalue weighted by Crippen LogP contribution is 2.17. The van der Waals surface area contributed by atoms with E-state index in [-0.39, 0.29) is 24.7 Å². The van der Waals surface area contributed by atoms with Crippen LogP contribution in [0.3, 0.4) is 0 Å². The SMILES string of the molecule is CCOC(=O)CCC(=O)Nc1cc(C)c(Br)cn1. The van der Waals surface area contributed by atoms with Gasteiger partial charge in [-0.2, -0.15) is 0 Å². The van der Waals surface area contributed by atoms with Crippen LogP contribution in [0.1, 0.15) is 25.3 Å². The van der Waals surface area contributed by atoms with Crippen molar-refractivity contribution >= 4 is 33.6 Å². The van der Waals surface area contributed by atoms with E-state index in [4.69, 9.17) is 4.74 Å². The first-order valence-electron chi connectivity index (χ1n) is 5.60. The first kappa shape index (κ1) is 14.6. The van der Waals surface area contributed by atoms with Gasteiger partial charge in [-0.15, -0.1) is 0 Å². The van der Waals surface area contributed by atoms with Crippen molar-refractivity contribution in [2.75, 3.05) is 11.9 Å². The molecule has 0 aromatic carbocycles. The van der Waals surface area contributed by atoms with Crippen LogP contribution in [-0.2, 0) is 14.3 Å². The van der Waals surface area contributed by atoms with Gasteiger partial charge in [0.15, 0.2) is 0 Å². The third-order valence-electron chi connectivity index (χ3n) is 2.18. The minimum atomic E-state index is -0.368. The molecular formula is C12H15BrN2O3. The predicted molar refractivity (Wildman–Crippen MR) is 71.2 cm³/mol. The van der Waals surface area contributed by atoms with Gasteiger partial charge in [0.1, 0.15) is 5.82 Å². The third kappa shape index (κ3) is 4.83. The second kappa shape index (κ2) is 7.10. The van der Waals surface area contributed by atoms with Gasteiger partial charge in [0.05, 0.1) is 13.0 Å². The number of nitrogens with zero attached hydrogens (tertiary/aromatic N) is 1. The van der Waals surface area contributed by atoms with E-state index in [0.717, 1.165) is 10.0 Å². The van der Waals surface area contributed by atoms with E-state index in [1.807, 2.05) is 6.92 Å². The van der Waals surface area contributed by atoms with Gasteiger partial charge in [0.25, 0.3) is 0 Å². The number of ether oxygens (including phenoxy) is 1. The maximum atomic E-state index is 11.5. The summed E-state index contributed by atoms with van der Waals surface area (Å²) in [6, 6.07) is 1.76. The molecule has 0 radical (unpaired) electrons. The lowest BCUT2D eigenvalue weighted by Gasteiger charge is -2.06. The molecule has 98 valence electrons. The van der Waals surface area contributed by atoms with E-state index in [1.165, 1.54) is 0 Å². The van der Waals surface area contributed by atoms with Crippen molar-refractivity contribution < 1.29 is 14.3 Å². The Hall–Kier alpha value is -1.43. The number of hydrogen-bond acceptors (Lipinski definition) is 4. The van der Waals surface area contributed by atoms with E-state index < -0.39 is 0 Å². The van der Waals surface area contributed by atoms with Crippen molar-refractivity contribution in [2.45, 2.75) is 26.7 Å². The standard InChI is InChI=1S/C12H15BrN2O3/c1-3-18-12(17)5-4-11(16)15-10-6-8(2)9(13)7-14-10/h6-7H,3-5H2,1-2H3,(H,14,15,16). The molecule has 0 atom stereocenters. The van der Waals surface area contributed by atoms with Crippen LogP contribution in [0.2, 0.25) is 0 Å². The predicted octanol–water partition coefficient (Wildman–Crippen LogP) is 2.43. The van der Waals surface area contributed by atoms with Crippen LogP contribution >= 0.6 is 15.9 Å². The molecular weight excluding hydrogens is 300 g/mol. The Morgan fingerprint density at radius 2 is 2.17 bits per heavy atom. The summed E-state index contributed by atoms with van der Waals surface area (Å²) in [6.07, 6.45) is 1.79. The summed E-state index contributed by atoms with van der Waals surface area (Å²) in [4.78, 5) is 26.7. The number of carbonyl (C=O) groups excluding carboxylic acids is 2. The van der Waals surface area contributed by atoms with Crippen LogP contribution in [0, 0.1) is 6.92 Å². The highest BCUT2D eigenvalue weighted by Gasteiger charge is 2.08. The molecule has 1 rings (SSSR count). The largest absolute Gasteiger partial charge is 0.466 e. The van der Waals surface area contributed by atoms with Gasteiger partial charge in [-0.05, 0) is 41.4 Å². The number of amides is 1. The highest BCUT2D eigenvalue weighted by molar-refractivity contribution is 9.10. The Morgan fingerprint density at radius 1 is 1.44 bits per heavy atom. The van der Waals surface area contributed by atoms with E-state index in [2.05, 4.69) is 26.2 Å². The van der Waals surface area contributed by atoms with E-state index in [0.29, 0.717) is 12.4 Å². The minimum absolute atomic E-state index is 0.0786. The van der Waals surface area contributed by atoms with Crippen LogP contribution in [-0.4, -0.2) is 23.5 Å². The van der Waals surface area contributed by atoms with Gasteiger partial charge in [0, 0.05) is 17.1 Å². The quantitative estimate of drug-likeness (QED) is 0.847. The zero-order valence-corrected chi connectivity index (χ0v) is 11.9. The highest BCUT2D eigenvalue weighted by atomic mass is 79.9. The average molecular weight is 315 g/mol. The Balaban J connectivity index is 2.44. The van der Waals surface area contributed by atoms with Crippen molar-refractivity contribution in [1.82, 2.24) is 4.98 Å². The van der Waals surface area contributed by atoms with E-state index in [1.54, 1.807) is 19.2 Å². The molecule has 1 N–H and O–H groups in total. The molecule has 6 heteroatoms. The molecule has 0 saturated heterocycles. The number of aromatic nitrogens is 1. The molecule has 0 saturated carbocycles. The lowest BCUT2D eigenvalue weighted by Crippen LogP contribution is -2.15. The lowest BCUT2D eigenvalue weighted by molar-refractivity contribution is -0.144. The van der Waals surface area contributed by atoms with Crippen molar-refractivity contribution in [2.24, 2.45) is 0 Å². The second-order valence-electron chi connectivity index (χ2n) is 3.67. The zero-order chi connectivity index (χ0) is 13.5. The molecule has 0 bridgehead atoms. The molecule has 18 heavy (non-hydrogen) atoms. The monoisotopic (exact) mass is 314 g/mol. The number of aryl methyl sites for hydroxylation is 1. The number of nitrogens with one attached hydrogen (secondary N) is 1. The molecule has 0 aliphatic heterocycles. The Morgan fingerprint density at radius 3 is 2.78 bits per heavy atom. The fourth-order valence-electron chi connectivity index (χ4n) is 1.26. The molecule has 1 amide bonds. The molecule has 0 aliphatic rings. The number of hydrogen-bond donors (Lipinski definition) is 1. The molecule has 0 aliphatic carbocycles. The summed E-state index contributed by atoms with van der Waals surface area (Å²) >= 11 is 3.33. The summed E-state index contributed by atoms with van der Waals surface area (Å²) in [7, 11) is 0. The molecule has 0 fully saturated rings. The van der Waals surface area contributed by atoms with Crippen molar-refractivity contribution in [3.8, 4) is 0 Å². The van der Waals surface area contributed by atoms with Gasteiger partial charge in [0.2, 0.25) is 5.91 Å². The molecule has 0 spiro atoms. The molecule has 1 aromatic rings. The summed E-state index contributed by atoms with van der Waals surface area (Å²) in [5, 5.41) is 2.63. The van der Waals surface area contributed by atoms with Gasteiger partial charge in [-0.1, -0.05) is 0 Å². The maximum absolute atomic E-state index is 11.5. The second-order valence-corrected chi connectivity index (χ2v) is 4.53. The van der Waals surface area contributed by atoms with Gasteiger partial charge < -0.3 is 10.1 Å². The number of esters is 1. The zero-order valence-electron chi connectivity index (χ0n) is 10.3. The molecule has 5 nitrogen and oxygen atoms in total. The van der Waals surface area contributed by atoms with Gasteiger partial charge >= 0.3 is 5.97 Å². The van der Waals surface area contributed by atoms with Crippen LogP contribution in [0.15, 0.2) is 16.7 Å². The first-order valence-corrected chi connectivity index (χ1v) is 6.40. The topological polar surface area (TPSA) is 68.3 Å². The summed E-state index contributed by atoms with van der Waals surface area (Å²) < 4.78 is 5.62. The van der Waals surface area contributed by atoms with E-state index >= 15 is 0 Å². The van der Waals surface area contributed by atoms with Gasteiger partial charge in [-0.3, -0.25) is 9.59 Å². The summed E-state index contributed by atoms with van der Waals surface area (Å²) in [5.41, 5.74) is 0.977.